The molecule has 0 bridgehead atoms. The maximum atomic E-state index is 10.8. The molecule has 2 heterocycles. The van der Waals surface area contributed by atoms with Crippen LogP contribution in [0.4, 0.5) is 22.7 Å². The Morgan fingerprint density at radius 3 is 1.16 bits per heavy atom. The molecule has 0 aromatic heterocycles. The lowest BCUT2D eigenvalue weighted by Gasteiger charge is -2.39. The summed E-state index contributed by atoms with van der Waals surface area (Å²) >= 11 is 0. The molecule has 4 rings (SSSR count). The third-order valence-electron chi connectivity index (χ3n) is 6.33. The van der Waals surface area contributed by atoms with Crippen molar-refractivity contribution < 1.29 is 9.85 Å². The van der Waals surface area contributed by atoms with Crippen molar-refractivity contribution in [2.24, 2.45) is 0 Å². The molecule has 170 valence electrons. The van der Waals surface area contributed by atoms with Gasteiger partial charge in [0.25, 0.3) is 11.4 Å². The molecule has 2 aliphatic heterocycles. The van der Waals surface area contributed by atoms with E-state index in [1.807, 2.05) is 24.3 Å². The molecule has 0 saturated carbocycles. The highest BCUT2D eigenvalue weighted by molar-refractivity contribution is 5.52. The zero-order chi connectivity index (χ0) is 22.5. The van der Waals surface area contributed by atoms with E-state index >= 15 is 0 Å². The van der Waals surface area contributed by atoms with Crippen LogP contribution in [0, 0.1) is 20.2 Å². The molecule has 10 heteroatoms. The SMILES string of the molecule is O=[N+]([O-])c1ccc(N2CCN(CCN3CCN(c4ccc([N+](=O)[O-])cc4)CC3)CC2)cc1. The summed E-state index contributed by atoms with van der Waals surface area (Å²) in [5, 5.41) is 21.6. The highest BCUT2D eigenvalue weighted by atomic mass is 16.6. The van der Waals surface area contributed by atoms with E-state index in [1.165, 1.54) is 0 Å². The molecule has 0 N–H and O–H groups in total. The van der Waals surface area contributed by atoms with Gasteiger partial charge >= 0.3 is 0 Å². The fourth-order valence-electron chi connectivity index (χ4n) is 4.31. The Balaban J connectivity index is 1.17. The highest BCUT2D eigenvalue weighted by Crippen LogP contribution is 2.22. The highest BCUT2D eigenvalue weighted by Gasteiger charge is 2.21. The minimum Gasteiger partial charge on any atom is -0.369 e. The quantitative estimate of drug-likeness (QED) is 0.478. The van der Waals surface area contributed by atoms with Crippen molar-refractivity contribution in [3.8, 4) is 0 Å². The lowest BCUT2D eigenvalue weighted by Crippen LogP contribution is -2.51. The maximum Gasteiger partial charge on any atom is 0.269 e. The first-order valence-electron chi connectivity index (χ1n) is 10.9. The van der Waals surface area contributed by atoms with E-state index in [1.54, 1.807) is 24.3 Å². The third kappa shape index (κ3) is 5.32. The molecule has 2 saturated heterocycles. The van der Waals surface area contributed by atoms with Gasteiger partial charge in [-0.1, -0.05) is 0 Å². The summed E-state index contributed by atoms with van der Waals surface area (Å²) in [5.74, 6) is 0. The fourth-order valence-corrected chi connectivity index (χ4v) is 4.31. The zero-order valence-electron chi connectivity index (χ0n) is 18.0. The normalized spacial score (nSPS) is 18.0. The van der Waals surface area contributed by atoms with Crippen LogP contribution in [0.1, 0.15) is 0 Å². The van der Waals surface area contributed by atoms with E-state index in [0.29, 0.717) is 0 Å². The van der Waals surface area contributed by atoms with Crippen molar-refractivity contribution in [3.05, 3.63) is 68.8 Å². The summed E-state index contributed by atoms with van der Waals surface area (Å²) in [6.07, 6.45) is 0. The largest absolute Gasteiger partial charge is 0.369 e. The second kappa shape index (κ2) is 9.92. The topological polar surface area (TPSA) is 99.2 Å². The number of hydrogen-bond donors (Lipinski definition) is 0. The van der Waals surface area contributed by atoms with Gasteiger partial charge in [0.05, 0.1) is 9.85 Å². The maximum absolute atomic E-state index is 10.8. The number of anilines is 2. The van der Waals surface area contributed by atoms with E-state index in [2.05, 4.69) is 19.6 Å². The number of nitro groups is 2. The number of non-ortho nitro benzene ring substituents is 2. The van der Waals surface area contributed by atoms with E-state index in [-0.39, 0.29) is 21.2 Å². The van der Waals surface area contributed by atoms with Crippen LogP contribution in [0.2, 0.25) is 0 Å². The van der Waals surface area contributed by atoms with Gasteiger partial charge in [-0.3, -0.25) is 30.0 Å². The molecule has 2 aliphatic rings. The molecule has 32 heavy (non-hydrogen) atoms. The monoisotopic (exact) mass is 440 g/mol. The van der Waals surface area contributed by atoms with Crippen LogP contribution in [0.5, 0.6) is 0 Å². The Bertz CT molecular complexity index is 843. The van der Waals surface area contributed by atoms with Crippen molar-refractivity contribution >= 4 is 22.7 Å². The van der Waals surface area contributed by atoms with E-state index in [0.717, 1.165) is 76.8 Å². The van der Waals surface area contributed by atoms with Crippen molar-refractivity contribution in [1.82, 2.24) is 9.80 Å². The lowest BCUT2D eigenvalue weighted by atomic mass is 10.2. The number of piperazine rings is 2. The third-order valence-corrected chi connectivity index (χ3v) is 6.33. The number of hydrogen-bond acceptors (Lipinski definition) is 8. The molecule has 2 aromatic carbocycles. The Kier molecular flexibility index (Phi) is 6.81. The van der Waals surface area contributed by atoms with Crippen LogP contribution in [-0.4, -0.2) is 85.1 Å². The van der Waals surface area contributed by atoms with Gasteiger partial charge in [0.2, 0.25) is 0 Å². The summed E-state index contributed by atoms with van der Waals surface area (Å²) in [6.45, 7) is 9.70. The molecule has 0 spiro atoms. The van der Waals surface area contributed by atoms with Gasteiger partial charge < -0.3 is 9.80 Å². The summed E-state index contributed by atoms with van der Waals surface area (Å²) in [6, 6.07) is 13.6. The van der Waals surface area contributed by atoms with Gasteiger partial charge in [0, 0.05) is 101 Å². The molecule has 0 amide bonds. The van der Waals surface area contributed by atoms with E-state index in [4.69, 9.17) is 0 Å². The number of benzene rings is 2. The Hall–Kier alpha value is -3.24. The summed E-state index contributed by atoms with van der Waals surface area (Å²) < 4.78 is 0. The van der Waals surface area contributed by atoms with Crippen LogP contribution >= 0.6 is 0 Å². The fraction of sp³-hybridized carbons (Fsp3) is 0.455. The predicted molar refractivity (Wildman–Crippen MR) is 123 cm³/mol. The second-order valence-electron chi connectivity index (χ2n) is 8.20. The van der Waals surface area contributed by atoms with Gasteiger partial charge in [0.1, 0.15) is 0 Å². The van der Waals surface area contributed by atoms with Crippen LogP contribution < -0.4 is 9.80 Å². The van der Waals surface area contributed by atoms with Gasteiger partial charge in [-0.15, -0.1) is 0 Å². The predicted octanol–water partition coefficient (Wildman–Crippen LogP) is 2.45. The van der Waals surface area contributed by atoms with Crippen LogP contribution in [0.25, 0.3) is 0 Å². The molecule has 0 atom stereocenters. The molecule has 2 fully saturated rings. The first-order valence-corrected chi connectivity index (χ1v) is 10.9. The summed E-state index contributed by atoms with van der Waals surface area (Å²) in [7, 11) is 0. The summed E-state index contributed by atoms with van der Waals surface area (Å²) in [4.78, 5) is 30.4. The van der Waals surface area contributed by atoms with Crippen LogP contribution in [0.3, 0.4) is 0 Å². The molecule has 0 aliphatic carbocycles. The average molecular weight is 441 g/mol. The first-order chi connectivity index (χ1) is 15.5. The Morgan fingerprint density at radius 1 is 0.562 bits per heavy atom. The Morgan fingerprint density at radius 2 is 0.875 bits per heavy atom. The number of nitro benzene ring substituents is 2. The average Bonchev–Trinajstić information content (AvgIpc) is 2.83. The number of nitrogens with zero attached hydrogens (tertiary/aromatic N) is 6. The minimum absolute atomic E-state index is 0.126. The van der Waals surface area contributed by atoms with Crippen molar-refractivity contribution in [3.63, 3.8) is 0 Å². The van der Waals surface area contributed by atoms with Crippen molar-refractivity contribution in [2.75, 3.05) is 75.2 Å². The number of rotatable bonds is 7. The molecular weight excluding hydrogens is 412 g/mol. The Labute approximate surface area is 186 Å². The first kappa shape index (κ1) is 22.0. The van der Waals surface area contributed by atoms with Gasteiger partial charge in [0.15, 0.2) is 0 Å². The van der Waals surface area contributed by atoms with Crippen LogP contribution in [0.15, 0.2) is 48.5 Å². The van der Waals surface area contributed by atoms with Gasteiger partial charge in [-0.2, -0.15) is 0 Å². The van der Waals surface area contributed by atoms with Gasteiger partial charge in [-0.05, 0) is 24.3 Å². The van der Waals surface area contributed by atoms with Crippen molar-refractivity contribution in [1.29, 1.82) is 0 Å². The van der Waals surface area contributed by atoms with Crippen molar-refractivity contribution in [2.45, 2.75) is 0 Å². The molecule has 10 nitrogen and oxygen atoms in total. The summed E-state index contributed by atoms with van der Waals surface area (Å²) in [5.41, 5.74) is 2.33. The zero-order valence-corrected chi connectivity index (χ0v) is 18.0. The smallest absolute Gasteiger partial charge is 0.269 e. The lowest BCUT2D eigenvalue weighted by molar-refractivity contribution is -0.385. The molecule has 0 radical (unpaired) electrons. The van der Waals surface area contributed by atoms with Crippen LogP contribution in [-0.2, 0) is 0 Å². The van der Waals surface area contributed by atoms with E-state index < -0.39 is 0 Å². The molecule has 2 aromatic rings. The second-order valence-corrected chi connectivity index (χ2v) is 8.20. The standard InChI is InChI=1S/C22H28N6O4/c29-27(30)21-5-1-19(2-6-21)25-15-11-23(12-16-25)9-10-24-13-17-26(18-14-24)20-3-7-22(8-4-20)28(31)32/h1-8H,9-18H2. The molecule has 0 unspecified atom stereocenters. The van der Waals surface area contributed by atoms with E-state index in [9.17, 15) is 20.2 Å². The minimum atomic E-state index is -0.368. The van der Waals surface area contributed by atoms with Gasteiger partial charge in [-0.25, -0.2) is 0 Å². The molecular formula is C22H28N6O4.